The summed E-state index contributed by atoms with van der Waals surface area (Å²) in [6.07, 6.45) is 2.11. The molecule has 3 aromatic carbocycles. The van der Waals surface area contributed by atoms with Crippen LogP contribution in [0.3, 0.4) is 0 Å². The van der Waals surface area contributed by atoms with Crippen molar-refractivity contribution in [2.24, 2.45) is 0 Å². The molecule has 0 aromatic heterocycles. The van der Waals surface area contributed by atoms with Crippen molar-refractivity contribution in [3.05, 3.63) is 98.5 Å². The third-order valence-corrected chi connectivity index (χ3v) is 7.11. The molecule has 0 saturated heterocycles. The second-order valence-electron chi connectivity index (χ2n) is 8.77. The summed E-state index contributed by atoms with van der Waals surface area (Å²) in [7, 11) is 0. The molecule has 0 spiro atoms. The Morgan fingerprint density at radius 3 is 2.30 bits per heavy atom. The van der Waals surface area contributed by atoms with Gasteiger partial charge in [-0.15, -0.1) is 0 Å². The Kier molecular flexibility index (Phi) is 11.1. The molecule has 3 rings (SSSR count). The molecular weight excluding hydrogens is 531 g/mol. The van der Waals surface area contributed by atoms with E-state index in [1.54, 1.807) is 36.4 Å². The number of hydrogen-bond donors (Lipinski definition) is 1. The fourth-order valence-corrected chi connectivity index (χ4v) is 4.48. The molecule has 0 saturated carbocycles. The summed E-state index contributed by atoms with van der Waals surface area (Å²) in [5.41, 5.74) is 2.33. The highest BCUT2D eigenvalue weighted by Gasteiger charge is 2.31. The van der Waals surface area contributed by atoms with E-state index in [9.17, 15) is 9.59 Å². The minimum atomic E-state index is -0.797. The van der Waals surface area contributed by atoms with Gasteiger partial charge >= 0.3 is 0 Å². The number of nitrogens with zero attached hydrogens (tertiary/aromatic N) is 1. The van der Waals surface area contributed by atoms with Crippen molar-refractivity contribution in [2.45, 2.75) is 45.7 Å². The van der Waals surface area contributed by atoms with Gasteiger partial charge in [-0.1, -0.05) is 84.5 Å². The SMILES string of the molecule is CCCCNC(=O)[C@H](Cc1ccccc1)N(Cc1c(Cl)cccc1Cl)C(=O)COc1ccc(Cl)c(C)c1. The Hall–Kier alpha value is -2.73. The quantitative estimate of drug-likeness (QED) is 0.245. The third-order valence-electron chi connectivity index (χ3n) is 5.98. The number of carbonyl (C=O) groups is 2. The standard InChI is InChI=1S/C29H31Cl3N2O3/c1-3-4-15-33-29(36)27(17-21-9-6-5-7-10-21)34(18-23-25(31)11-8-12-26(23)32)28(35)19-37-22-13-14-24(30)20(2)16-22/h5-14,16,27H,3-4,15,17-19H2,1-2H3,(H,33,36)/t27-/m0/s1. The minimum Gasteiger partial charge on any atom is -0.484 e. The number of ether oxygens (including phenoxy) is 1. The van der Waals surface area contributed by atoms with E-state index in [1.165, 1.54) is 4.90 Å². The number of unbranched alkanes of at least 4 members (excludes halogenated alkanes) is 1. The zero-order valence-electron chi connectivity index (χ0n) is 21.0. The zero-order valence-corrected chi connectivity index (χ0v) is 23.2. The molecule has 0 radical (unpaired) electrons. The molecule has 0 heterocycles. The van der Waals surface area contributed by atoms with E-state index >= 15 is 0 Å². The van der Waals surface area contributed by atoms with Crippen molar-refractivity contribution < 1.29 is 14.3 Å². The topological polar surface area (TPSA) is 58.6 Å². The van der Waals surface area contributed by atoms with E-state index < -0.39 is 6.04 Å². The Morgan fingerprint density at radius 1 is 0.946 bits per heavy atom. The van der Waals surface area contributed by atoms with Gasteiger partial charge in [-0.05, 0) is 54.8 Å². The van der Waals surface area contributed by atoms with Crippen LogP contribution in [0.4, 0.5) is 0 Å². The van der Waals surface area contributed by atoms with Crippen molar-refractivity contribution >= 4 is 46.6 Å². The molecule has 196 valence electrons. The number of benzene rings is 3. The number of amides is 2. The van der Waals surface area contributed by atoms with Gasteiger partial charge in [0, 0.05) is 40.1 Å². The molecule has 0 aliphatic heterocycles. The molecule has 1 atom stereocenters. The molecule has 1 N–H and O–H groups in total. The normalized spacial score (nSPS) is 11.6. The van der Waals surface area contributed by atoms with Crippen LogP contribution in [0, 0.1) is 6.92 Å². The first kappa shape index (κ1) is 28.8. The average molecular weight is 562 g/mol. The van der Waals surface area contributed by atoms with E-state index in [0.29, 0.717) is 39.3 Å². The molecule has 5 nitrogen and oxygen atoms in total. The summed E-state index contributed by atoms with van der Waals surface area (Å²) in [4.78, 5) is 28.6. The lowest BCUT2D eigenvalue weighted by Gasteiger charge is -2.32. The van der Waals surface area contributed by atoms with Gasteiger partial charge in [0.05, 0.1) is 0 Å². The fraction of sp³-hybridized carbons (Fsp3) is 0.310. The number of hydrogen-bond acceptors (Lipinski definition) is 3. The molecule has 3 aromatic rings. The van der Waals surface area contributed by atoms with Gasteiger partial charge in [-0.25, -0.2) is 0 Å². The monoisotopic (exact) mass is 560 g/mol. The van der Waals surface area contributed by atoms with Crippen LogP contribution in [0.15, 0.2) is 66.7 Å². The van der Waals surface area contributed by atoms with Crippen LogP contribution < -0.4 is 10.1 Å². The summed E-state index contributed by atoms with van der Waals surface area (Å²) < 4.78 is 5.81. The van der Waals surface area contributed by atoms with Gasteiger partial charge in [-0.3, -0.25) is 9.59 Å². The fourth-order valence-electron chi connectivity index (χ4n) is 3.85. The maximum absolute atomic E-state index is 13.7. The smallest absolute Gasteiger partial charge is 0.261 e. The lowest BCUT2D eigenvalue weighted by atomic mass is 10.0. The van der Waals surface area contributed by atoms with Crippen molar-refractivity contribution in [3.63, 3.8) is 0 Å². The van der Waals surface area contributed by atoms with Crippen molar-refractivity contribution in [3.8, 4) is 5.75 Å². The first-order valence-corrected chi connectivity index (χ1v) is 13.4. The summed E-state index contributed by atoms with van der Waals surface area (Å²) >= 11 is 19.0. The number of aryl methyl sites for hydroxylation is 1. The highest BCUT2D eigenvalue weighted by atomic mass is 35.5. The molecule has 37 heavy (non-hydrogen) atoms. The maximum atomic E-state index is 13.7. The number of carbonyl (C=O) groups excluding carboxylic acids is 2. The lowest BCUT2D eigenvalue weighted by Crippen LogP contribution is -2.52. The number of halogens is 3. The first-order chi connectivity index (χ1) is 17.8. The Bertz CT molecular complexity index is 1180. The second kappa shape index (κ2) is 14.3. The zero-order chi connectivity index (χ0) is 26.8. The van der Waals surface area contributed by atoms with E-state index in [2.05, 4.69) is 12.2 Å². The van der Waals surface area contributed by atoms with Gasteiger partial charge in [0.1, 0.15) is 11.8 Å². The van der Waals surface area contributed by atoms with E-state index in [0.717, 1.165) is 24.0 Å². The van der Waals surface area contributed by atoms with Crippen LogP contribution >= 0.6 is 34.8 Å². The van der Waals surface area contributed by atoms with Crippen LogP contribution in [-0.4, -0.2) is 35.9 Å². The number of rotatable bonds is 12. The Balaban J connectivity index is 1.93. The van der Waals surface area contributed by atoms with E-state index in [-0.39, 0.29) is 25.0 Å². The molecule has 8 heteroatoms. The summed E-state index contributed by atoms with van der Waals surface area (Å²) in [5, 5.41) is 4.44. The van der Waals surface area contributed by atoms with Gasteiger partial charge in [0.25, 0.3) is 5.91 Å². The maximum Gasteiger partial charge on any atom is 0.261 e. The van der Waals surface area contributed by atoms with Gasteiger partial charge in [0.15, 0.2) is 6.61 Å². The largest absolute Gasteiger partial charge is 0.484 e. The summed E-state index contributed by atoms with van der Waals surface area (Å²) in [6, 6.07) is 19.2. The second-order valence-corrected chi connectivity index (χ2v) is 9.99. The first-order valence-electron chi connectivity index (χ1n) is 12.2. The van der Waals surface area contributed by atoms with Gasteiger partial charge < -0.3 is 15.0 Å². The van der Waals surface area contributed by atoms with Crippen LogP contribution in [0.2, 0.25) is 15.1 Å². The highest BCUT2D eigenvalue weighted by molar-refractivity contribution is 6.36. The minimum absolute atomic E-state index is 0.0546. The molecule has 0 unspecified atom stereocenters. The van der Waals surface area contributed by atoms with E-state index in [4.69, 9.17) is 39.5 Å². The number of nitrogens with one attached hydrogen (secondary N) is 1. The molecule has 0 aliphatic rings. The highest BCUT2D eigenvalue weighted by Crippen LogP contribution is 2.27. The Labute approximate surface area is 233 Å². The van der Waals surface area contributed by atoms with Crippen molar-refractivity contribution in [2.75, 3.05) is 13.2 Å². The van der Waals surface area contributed by atoms with Crippen LogP contribution in [0.5, 0.6) is 5.75 Å². The van der Waals surface area contributed by atoms with Crippen LogP contribution in [-0.2, 0) is 22.6 Å². The van der Waals surface area contributed by atoms with Crippen molar-refractivity contribution in [1.82, 2.24) is 10.2 Å². The van der Waals surface area contributed by atoms with Crippen LogP contribution in [0.25, 0.3) is 0 Å². The Morgan fingerprint density at radius 2 is 1.65 bits per heavy atom. The third kappa shape index (κ3) is 8.39. The summed E-state index contributed by atoms with van der Waals surface area (Å²) in [6.45, 7) is 4.23. The van der Waals surface area contributed by atoms with Gasteiger partial charge in [0.2, 0.25) is 5.91 Å². The molecular formula is C29H31Cl3N2O3. The van der Waals surface area contributed by atoms with Gasteiger partial charge in [-0.2, -0.15) is 0 Å². The van der Waals surface area contributed by atoms with Crippen LogP contribution in [0.1, 0.15) is 36.5 Å². The van der Waals surface area contributed by atoms with Crippen molar-refractivity contribution in [1.29, 1.82) is 0 Å². The molecule has 0 fully saturated rings. The lowest BCUT2D eigenvalue weighted by molar-refractivity contribution is -0.142. The molecule has 0 bridgehead atoms. The average Bonchev–Trinajstić information content (AvgIpc) is 2.88. The molecule has 0 aliphatic carbocycles. The predicted molar refractivity (Wildman–Crippen MR) is 151 cm³/mol. The summed E-state index contributed by atoms with van der Waals surface area (Å²) in [5.74, 6) is -0.0932. The van der Waals surface area contributed by atoms with E-state index in [1.807, 2.05) is 37.3 Å². The molecule has 2 amide bonds. The predicted octanol–water partition coefficient (Wildman–Crippen LogP) is 6.89.